The molecule has 1 atom stereocenters. The summed E-state index contributed by atoms with van der Waals surface area (Å²) in [5.41, 5.74) is 3.38. The number of hydrogen-bond acceptors (Lipinski definition) is 1. The Kier molecular flexibility index (Phi) is 2.96. The van der Waals surface area contributed by atoms with Crippen molar-refractivity contribution in [2.75, 3.05) is 11.4 Å². The van der Waals surface area contributed by atoms with Gasteiger partial charge in [0.1, 0.15) is 0 Å². The van der Waals surface area contributed by atoms with Crippen LogP contribution in [0.1, 0.15) is 39.7 Å². The van der Waals surface area contributed by atoms with Crippen LogP contribution in [0.3, 0.4) is 0 Å². The van der Waals surface area contributed by atoms with Gasteiger partial charge in [-0.05, 0) is 36.8 Å². The van der Waals surface area contributed by atoms with Gasteiger partial charge < -0.3 is 4.90 Å². The van der Waals surface area contributed by atoms with Crippen LogP contribution in [-0.4, -0.2) is 12.6 Å². The van der Waals surface area contributed by atoms with E-state index in [4.69, 9.17) is 0 Å². The number of nitrogens with zero attached hydrogens (tertiary/aromatic N) is 1. The quantitative estimate of drug-likeness (QED) is 0.743. The molecule has 1 aliphatic heterocycles. The largest absolute Gasteiger partial charge is 0.368 e. The molecule has 1 heterocycles. The molecule has 0 radical (unpaired) electrons. The van der Waals surface area contributed by atoms with Crippen molar-refractivity contribution in [2.24, 2.45) is 5.41 Å². The fourth-order valence-electron chi connectivity index (χ4n) is 2.77. The van der Waals surface area contributed by atoms with Crippen LogP contribution in [0.2, 0.25) is 0 Å². The molecule has 1 aromatic carbocycles. The van der Waals surface area contributed by atoms with Crippen molar-refractivity contribution < 1.29 is 0 Å². The first-order valence-electron chi connectivity index (χ1n) is 6.44. The summed E-state index contributed by atoms with van der Waals surface area (Å²) < 4.78 is 0. The van der Waals surface area contributed by atoms with Gasteiger partial charge in [0, 0.05) is 18.3 Å². The van der Waals surface area contributed by atoms with E-state index in [9.17, 15) is 0 Å². The van der Waals surface area contributed by atoms with E-state index in [0.29, 0.717) is 11.5 Å². The lowest BCUT2D eigenvalue weighted by molar-refractivity contribution is 0.269. The molecule has 2 rings (SSSR count). The minimum atomic E-state index is 0.398. The summed E-state index contributed by atoms with van der Waals surface area (Å²) in [6.07, 6.45) is 2.45. The van der Waals surface area contributed by atoms with Crippen LogP contribution < -0.4 is 4.90 Å². The summed E-state index contributed by atoms with van der Waals surface area (Å²) in [7, 11) is 0. The summed E-state index contributed by atoms with van der Waals surface area (Å²) in [5, 5.41) is 0. The van der Waals surface area contributed by atoms with Crippen LogP contribution in [0.5, 0.6) is 0 Å². The number of benzene rings is 1. The lowest BCUT2D eigenvalue weighted by Gasteiger charge is -2.38. The van der Waals surface area contributed by atoms with Gasteiger partial charge >= 0.3 is 0 Å². The number of hydrogen-bond donors (Lipinski definition) is 0. The van der Waals surface area contributed by atoms with Gasteiger partial charge in [-0.15, -0.1) is 0 Å². The fraction of sp³-hybridized carbons (Fsp3) is 0.600. The Labute approximate surface area is 99.5 Å². The fourth-order valence-corrected chi connectivity index (χ4v) is 2.77. The van der Waals surface area contributed by atoms with E-state index in [1.807, 2.05) is 0 Å². The highest BCUT2D eigenvalue weighted by atomic mass is 15.2. The first-order chi connectivity index (χ1) is 7.60. The molecule has 1 aliphatic rings. The number of fused-ring (bicyclic) bond motifs is 1. The summed E-state index contributed by atoms with van der Waals surface area (Å²) >= 11 is 0. The molecule has 1 nitrogen and oxygen atoms in total. The van der Waals surface area contributed by atoms with E-state index < -0.39 is 0 Å². The molecule has 88 valence electrons. The number of anilines is 1. The first-order valence-corrected chi connectivity index (χ1v) is 6.44. The number of likely N-dealkylation sites (N-methyl/N-ethyl adjacent to an activating group) is 1. The van der Waals surface area contributed by atoms with Crippen molar-refractivity contribution in [3.8, 4) is 0 Å². The van der Waals surface area contributed by atoms with E-state index in [1.165, 1.54) is 24.1 Å². The monoisotopic (exact) mass is 217 g/mol. The Morgan fingerprint density at radius 2 is 1.94 bits per heavy atom. The minimum absolute atomic E-state index is 0.398. The van der Waals surface area contributed by atoms with Crippen molar-refractivity contribution in [1.82, 2.24) is 0 Å². The van der Waals surface area contributed by atoms with Gasteiger partial charge in [-0.2, -0.15) is 0 Å². The molecular weight excluding hydrogens is 194 g/mol. The number of para-hydroxylation sites is 1. The molecule has 0 saturated carbocycles. The molecule has 0 spiro atoms. The Hall–Kier alpha value is -0.980. The second-order valence-electron chi connectivity index (χ2n) is 5.48. The van der Waals surface area contributed by atoms with E-state index in [1.54, 1.807) is 0 Å². The lowest BCUT2D eigenvalue weighted by atomic mass is 9.80. The molecule has 0 N–H and O–H groups in total. The van der Waals surface area contributed by atoms with Crippen LogP contribution in [0.15, 0.2) is 24.3 Å². The average molecular weight is 217 g/mol. The van der Waals surface area contributed by atoms with Crippen LogP contribution in [0.25, 0.3) is 0 Å². The molecule has 0 aliphatic carbocycles. The van der Waals surface area contributed by atoms with Gasteiger partial charge in [0.15, 0.2) is 0 Å². The first kappa shape index (κ1) is 11.5. The van der Waals surface area contributed by atoms with E-state index in [-0.39, 0.29) is 0 Å². The predicted octanol–water partition coefficient (Wildman–Crippen LogP) is 3.87. The third-order valence-corrected chi connectivity index (χ3v) is 4.24. The zero-order valence-corrected chi connectivity index (χ0v) is 11.0. The molecule has 1 aromatic rings. The Morgan fingerprint density at radius 1 is 1.25 bits per heavy atom. The molecule has 1 unspecified atom stereocenters. The molecular formula is C15H23N. The third-order valence-electron chi connectivity index (χ3n) is 4.24. The smallest absolute Gasteiger partial charge is 0.0402 e. The molecule has 16 heavy (non-hydrogen) atoms. The highest BCUT2D eigenvalue weighted by Gasteiger charge is 2.37. The van der Waals surface area contributed by atoms with Crippen molar-refractivity contribution in [2.45, 2.75) is 46.6 Å². The van der Waals surface area contributed by atoms with Gasteiger partial charge in [0.25, 0.3) is 0 Å². The maximum atomic E-state index is 2.58. The SMILES string of the molecule is CCN1c2ccccc2CC1C(C)(C)CC. The van der Waals surface area contributed by atoms with Crippen LogP contribution >= 0.6 is 0 Å². The Morgan fingerprint density at radius 3 is 2.56 bits per heavy atom. The van der Waals surface area contributed by atoms with Crippen LogP contribution in [0.4, 0.5) is 5.69 Å². The maximum Gasteiger partial charge on any atom is 0.0402 e. The zero-order valence-electron chi connectivity index (χ0n) is 11.0. The summed E-state index contributed by atoms with van der Waals surface area (Å²) in [5.74, 6) is 0. The molecule has 0 amide bonds. The molecule has 0 bridgehead atoms. The highest BCUT2D eigenvalue weighted by molar-refractivity contribution is 5.59. The lowest BCUT2D eigenvalue weighted by Crippen LogP contribution is -2.43. The third kappa shape index (κ3) is 1.73. The van der Waals surface area contributed by atoms with E-state index >= 15 is 0 Å². The predicted molar refractivity (Wildman–Crippen MR) is 71.0 cm³/mol. The highest BCUT2D eigenvalue weighted by Crippen LogP contribution is 2.41. The Balaban J connectivity index is 2.34. The van der Waals surface area contributed by atoms with Crippen molar-refractivity contribution in [3.05, 3.63) is 29.8 Å². The summed E-state index contributed by atoms with van der Waals surface area (Å²) in [6, 6.07) is 9.53. The molecule has 0 aromatic heterocycles. The van der Waals surface area contributed by atoms with E-state index in [2.05, 4.69) is 56.9 Å². The number of rotatable bonds is 3. The van der Waals surface area contributed by atoms with Crippen molar-refractivity contribution >= 4 is 5.69 Å². The second kappa shape index (κ2) is 4.12. The Bertz CT molecular complexity index is 367. The summed E-state index contributed by atoms with van der Waals surface area (Å²) in [6.45, 7) is 10.5. The van der Waals surface area contributed by atoms with Crippen LogP contribution in [-0.2, 0) is 6.42 Å². The van der Waals surface area contributed by atoms with Crippen molar-refractivity contribution in [3.63, 3.8) is 0 Å². The van der Waals surface area contributed by atoms with Gasteiger partial charge in [-0.3, -0.25) is 0 Å². The van der Waals surface area contributed by atoms with Gasteiger partial charge in [-0.1, -0.05) is 39.0 Å². The second-order valence-corrected chi connectivity index (χ2v) is 5.48. The van der Waals surface area contributed by atoms with E-state index in [0.717, 1.165) is 6.54 Å². The van der Waals surface area contributed by atoms with Crippen molar-refractivity contribution in [1.29, 1.82) is 0 Å². The molecule has 0 fully saturated rings. The maximum absolute atomic E-state index is 2.58. The van der Waals surface area contributed by atoms with Gasteiger partial charge in [-0.25, -0.2) is 0 Å². The van der Waals surface area contributed by atoms with Crippen LogP contribution in [0, 0.1) is 5.41 Å². The molecule has 1 heteroatoms. The zero-order chi connectivity index (χ0) is 11.8. The topological polar surface area (TPSA) is 3.24 Å². The molecule has 0 saturated heterocycles. The average Bonchev–Trinajstić information content (AvgIpc) is 2.68. The normalized spacial score (nSPS) is 20.0. The standard InChI is InChI=1S/C15H23N/c1-5-15(3,4)14-11-12-9-7-8-10-13(12)16(14)6-2/h7-10,14H,5-6,11H2,1-4H3. The van der Waals surface area contributed by atoms with Gasteiger partial charge in [0.05, 0.1) is 0 Å². The minimum Gasteiger partial charge on any atom is -0.368 e. The summed E-state index contributed by atoms with van der Waals surface area (Å²) in [4.78, 5) is 2.58. The van der Waals surface area contributed by atoms with Gasteiger partial charge in [0.2, 0.25) is 0 Å².